The molecule has 0 unspecified atom stereocenters. The number of benzene rings is 3. The molecule has 0 saturated heterocycles. The summed E-state index contributed by atoms with van der Waals surface area (Å²) in [6, 6.07) is 20.4. The molecule has 0 fully saturated rings. The van der Waals surface area contributed by atoms with Crippen molar-refractivity contribution in [1.82, 2.24) is 9.73 Å². The lowest BCUT2D eigenvalue weighted by molar-refractivity contribution is -0.121. The minimum atomic E-state index is -3.97. The van der Waals surface area contributed by atoms with E-state index < -0.39 is 22.5 Å². The third-order valence-electron chi connectivity index (χ3n) is 4.35. The molecule has 0 aromatic heterocycles. The normalized spacial score (nSPS) is 11.8. The monoisotopic (exact) mass is 597 g/mol. The predicted octanol–water partition coefficient (Wildman–Crippen LogP) is 5.21. The fourth-order valence-electron chi connectivity index (χ4n) is 2.72. The van der Waals surface area contributed by atoms with Gasteiger partial charge >= 0.3 is 0 Å². The quantitative estimate of drug-likeness (QED) is 0.286. The molecule has 6 nitrogen and oxygen atoms in total. The molecule has 0 heterocycles. The molecule has 0 saturated carbocycles. The van der Waals surface area contributed by atoms with Crippen LogP contribution < -0.4 is 5.43 Å². The number of rotatable bonds is 8. The van der Waals surface area contributed by atoms with Crippen LogP contribution in [0, 0.1) is 0 Å². The summed E-state index contributed by atoms with van der Waals surface area (Å²) in [4.78, 5) is 12.6. The number of nitrogens with one attached hydrogen (secondary N) is 1. The molecule has 3 aromatic rings. The summed E-state index contributed by atoms with van der Waals surface area (Å²) >= 11 is 12.9. The molecular weight excluding hydrogens is 582 g/mol. The van der Waals surface area contributed by atoms with Gasteiger partial charge in [0.1, 0.15) is 0 Å². The summed E-state index contributed by atoms with van der Waals surface area (Å²) in [5.74, 6) is -0.578. The summed E-state index contributed by atoms with van der Waals surface area (Å²) in [5.41, 5.74) is 3.75. The number of nitrogens with zero attached hydrogens (tertiary/aromatic N) is 2. The van der Waals surface area contributed by atoms with Gasteiger partial charge in [-0.2, -0.15) is 9.41 Å². The maximum atomic E-state index is 13.3. The van der Waals surface area contributed by atoms with Crippen LogP contribution in [0.25, 0.3) is 0 Å². The number of sulfonamides is 1. The van der Waals surface area contributed by atoms with Crippen LogP contribution in [-0.2, 0) is 21.4 Å². The molecule has 0 atom stereocenters. The molecule has 0 bridgehead atoms. The zero-order chi connectivity index (χ0) is 23.1. The first-order valence-corrected chi connectivity index (χ1v) is 12.7. The van der Waals surface area contributed by atoms with Gasteiger partial charge in [0.2, 0.25) is 10.0 Å². The van der Waals surface area contributed by atoms with Crippen LogP contribution in [0.3, 0.4) is 0 Å². The number of amides is 1. The summed E-state index contributed by atoms with van der Waals surface area (Å²) in [6.07, 6.45) is 1.48. The number of halogens is 3. The van der Waals surface area contributed by atoms with E-state index in [1.54, 1.807) is 36.4 Å². The first-order chi connectivity index (χ1) is 15.3. The van der Waals surface area contributed by atoms with Crippen molar-refractivity contribution in [2.45, 2.75) is 11.4 Å². The second-order valence-corrected chi connectivity index (χ2v) is 10.8. The van der Waals surface area contributed by atoms with Crippen LogP contribution >= 0.6 is 43.5 Å². The Balaban J connectivity index is 1.80. The van der Waals surface area contributed by atoms with Crippen molar-refractivity contribution in [3.8, 4) is 0 Å². The maximum Gasteiger partial charge on any atom is 0.255 e. The fourth-order valence-corrected chi connectivity index (χ4v) is 4.82. The molecular formula is C22H18Br2ClN3O3S. The second-order valence-electron chi connectivity index (χ2n) is 6.66. The summed E-state index contributed by atoms with van der Waals surface area (Å²) in [6.45, 7) is -0.497. The minimum Gasteiger partial charge on any atom is -0.272 e. The Bertz CT molecular complexity index is 1220. The number of hydrogen-bond acceptors (Lipinski definition) is 4. The zero-order valence-corrected chi connectivity index (χ0v) is 21.3. The van der Waals surface area contributed by atoms with Crippen LogP contribution in [0.5, 0.6) is 0 Å². The second kappa shape index (κ2) is 11.2. The molecule has 1 amide bonds. The highest BCUT2D eigenvalue weighted by Crippen LogP contribution is 2.23. The lowest BCUT2D eigenvalue weighted by Gasteiger charge is -2.22. The van der Waals surface area contributed by atoms with Crippen LogP contribution in [0.15, 0.2) is 91.7 Å². The molecule has 0 aliphatic carbocycles. The van der Waals surface area contributed by atoms with Gasteiger partial charge in [-0.1, -0.05) is 73.8 Å². The van der Waals surface area contributed by atoms with E-state index in [2.05, 4.69) is 42.4 Å². The van der Waals surface area contributed by atoms with Gasteiger partial charge in [0.25, 0.3) is 5.91 Å². The third kappa shape index (κ3) is 6.73. The highest BCUT2D eigenvalue weighted by molar-refractivity contribution is 9.10. The van der Waals surface area contributed by atoms with Crippen molar-refractivity contribution >= 4 is 65.6 Å². The number of carbonyl (C=O) groups is 1. The van der Waals surface area contributed by atoms with E-state index in [0.29, 0.717) is 10.6 Å². The van der Waals surface area contributed by atoms with E-state index in [9.17, 15) is 13.2 Å². The Morgan fingerprint density at radius 1 is 0.969 bits per heavy atom. The van der Waals surface area contributed by atoms with Crippen molar-refractivity contribution in [1.29, 1.82) is 0 Å². The van der Waals surface area contributed by atoms with Gasteiger partial charge in [-0.3, -0.25) is 4.79 Å². The molecule has 10 heteroatoms. The van der Waals surface area contributed by atoms with E-state index in [1.165, 1.54) is 18.3 Å². The minimum absolute atomic E-state index is 0.0675. The Kier molecular flexibility index (Phi) is 8.61. The Labute approximate surface area is 208 Å². The maximum absolute atomic E-state index is 13.3. The molecule has 1 N–H and O–H groups in total. The van der Waals surface area contributed by atoms with Crippen LogP contribution in [0.4, 0.5) is 0 Å². The van der Waals surface area contributed by atoms with Gasteiger partial charge in [0, 0.05) is 20.5 Å². The number of carbonyl (C=O) groups excluding carboxylic acids is 1. The molecule has 0 spiro atoms. The van der Waals surface area contributed by atoms with Gasteiger partial charge in [-0.05, 0) is 53.6 Å². The van der Waals surface area contributed by atoms with Crippen molar-refractivity contribution < 1.29 is 13.2 Å². The van der Waals surface area contributed by atoms with Crippen molar-refractivity contribution in [2.24, 2.45) is 5.10 Å². The first kappa shape index (κ1) is 24.6. The SMILES string of the molecule is O=C(CN(Cc1ccccc1Cl)S(=O)(=O)c1ccc(Br)cc1)N/N=C/c1ccc(Br)cc1. The highest BCUT2D eigenvalue weighted by atomic mass is 79.9. The summed E-state index contributed by atoms with van der Waals surface area (Å²) in [7, 11) is -3.97. The van der Waals surface area contributed by atoms with Gasteiger partial charge in [0.15, 0.2) is 0 Å². The van der Waals surface area contributed by atoms with E-state index in [4.69, 9.17) is 11.6 Å². The zero-order valence-electron chi connectivity index (χ0n) is 16.6. The average Bonchev–Trinajstić information content (AvgIpc) is 2.76. The van der Waals surface area contributed by atoms with E-state index >= 15 is 0 Å². The standard InChI is InChI=1S/C22H18Br2ClN3O3S/c23-18-7-5-16(6-8-18)13-26-27-22(29)15-28(14-17-3-1-2-4-21(17)25)32(30,31)20-11-9-19(24)10-12-20/h1-13H,14-15H2,(H,27,29)/b26-13+. The van der Waals surface area contributed by atoms with Crippen molar-refractivity contribution in [3.05, 3.63) is 97.9 Å². The van der Waals surface area contributed by atoms with Crippen LogP contribution in [0.2, 0.25) is 5.02 Å². The van der Waals surface area contributed by atoms with Gasteiger partial charge in [0.05, 0.1) is 17.7 Å². The number of hydrogen-bond donors (Lipinski definition) is 1. The smallest absolute Gasteiger partial charge is 0.255 e. The third-order valence-corrected chi connectivity index (χ3v) is 7.58. The largest absolute Gasteiger partial charge is 0.272 e. The molecule has 166 valence electrons. The molecule has 3 aromatic carbocycles. The lowest BCUT2D eigenvalue weighted by atomic mass is 10.2. The van der Waals surface area contributed by atoms with Crippen LogP contribution in [0.1, 0.15) is 11.1 Å². The highest BCUT2D eigenvalue weighted by Gasteiger charge is 2.27. The van der Waals surface area contributed by atoms with Gasteiger partial charge in [-0.25, -0.2) is 13.8 Å². The predicted molar refractivity (Wildman–Crippen MR) is 133 cm³/mol. The van der Waals surface area contributed by atoms with Crippen molar-refractivity contribution in [2.75, 3.05) is 6.54 Å². The summed E-state index contributed by atoms with van der Waals surface area (Å²) in [5, 5.41) is 4.34. The molecule has 3 rings (SSSR count). The average molecular weight is 600 g/mol. The lowest BCUT2D eigenvalue weighted by Crippen LogP contribution is -2.39. The fraction of sp³-hybridized carbons (Fsp3) is 0.0909. The summed E-state index contributed by atoms with van der Waals surface area (Å²) < 4.78 is 29.3. The van der Waals surface area contributed by atoms with Gasteiger partial charge < -0.3 is 0 Å². The first-order valence-electron chi connectivity index (χ1n) is 9.32. The van der Waals surface area contributed by atoms with E-state index in [0.717, 1.165) is 18.8 Å². The Hall–Kier alpha value is -2.04. The Morgan fingerprint density at radius 3 is 2.19 bits per heavy atom. The van der Waals surface area contributed by atoms with E-state index in [-0.39, 0.29) is 11.4 Å². The van der Waals surface area contributed by atoms with Crippen LogP contribution in [-0.4, -0.2) is 31.4 Å². The molecule has 0 radical (unpaired) electrons. The molecule has 0 aliphatic rings. The molecule has 32 heavy (non-hydrogen) atoms. The van der Waals surface area contributed by atoms with E-state index in [1.807, 2.05) is 24.3 Å². The molecule has 0 aliphatic heterocycles. The van der Waals surface area contributed by atoms with Crippen molar-refractivity contribution in [3.63, 3.8) is 0 Å². The van der Waals surface area contributed by atoms with Gasteiger partial charge in [-0.15, -0.1) is 0 Å². The Morgan fingerprint density at radius 2 is 1.56 bits per heavy atom. The topological polar surface area (TPSA) is 78.8 Å². The number of hydrazone groups is 1.